The van der Waals surface area contributed by atoms with E-state index in [9.17, 15) is 20.6 Å². The van der Waals surface area contributed by atoms with Crippen LogP contribution in [-0.2, 0) is 4.74 Å². The third-order valence-corrected chi connectivity index (χ3v) is 3.69. The maximum Gasteiger partial charge on any atom is 0.242 e. The van der Waals surface area contributed by atoms with Crippen LogP contribution in [0.15, 0.2) is 17.6 Å². The molecule has 10 nitrogen and oxygen atoms in total. The first kappa shape index (κ1) is 14.3. The summed E-state index contributed by atoms with van der Waals surface area (Å²) < 4.78 is 6.96. The van der Waals surface area contributed by atoms with Crippen LogP contribution in [0.5, 0.6) is 5.88 Å². The molecule has 1 saturated heterocycles. The molecule has 0 unspecified atom stereocenters. The number of aliphatic imine (C=N–C) groups is 1. The molecule has 3 rings (SSSR count). The van der Waals surface area contributed by atoms with E-state index < -0.39 is 30.6 Å². The summed E-state index contributed by atoms with van der Waals surface area (Å²) >= 11 is 0. The van der Waals surface area contributed by atoms with Gasteiger partial charge < -0.3 is 20.1 Å². The van der Waals surface area contributed by atoms with Gasteiger partial charge in [0.1, 0.15) is 18.3 Å². The SMILES string of the molecule is C=N[C@]1(CO)O[C@@H](n2cnc3c(O)ncnc32)[C@@H](C#N)[C@@H]1O. The quantitative estimate of drug-likeness (QED) is 0.608. The van der Waals surface area contributed by atoms with Gasteiger partial charge in [-0.1, -0.05) is 0 Å². The van der Waals surface area contributed by atoms with Crippen molar-refractivity contribution < 1.29 is 20.1 Å². The Labute approximate surface area is 124 Å². The fourth-order valence-electron chi connectivity index (χ4n) is 2.49. The predicted octanol–water partition coefficient (Wildman–Crippen LogP) is -1.05. The van der Waals surface area contributed by atoms with Crippen molar-refractivity contribution >= 4 is 17.9 Å². The van der Waals surface area contributed by atoms with E-state index in [1.165, 1.54) is 10.9 Å². The van der Waals surface area contributed by atoms with Gasteiger partial charge in [-0.3, -0.25) is 9.56 Å². The van der Waals surface area contributed by atoms with Crippen molar-refractivity contribution in [3.8, 4) is 11.9 Å². The Bertz CT molecular complexity index is 771. The van der Waals surface area contributed by atoms with Gasteiger partial charge in [0.25, 0.3) is 0 Å². The molecule has 1 aliphatic heterocycles. The van der Waals surface area contributed by atoms with Crippen molar-refractivity contribution in [3.05, 3.63) is 12.7 Å². The highest BCUT2D eigenvalue weighted by atomic mass is 16.6. The Morgan fingerprint density at radius 1 is 1.50 bits per heavy atom. The molecule has 114 valence electrons. The second-order valence-corrected chi connectivity index (χ2v) is 4.79. The van der Waals surface area contributed by atoms with Crippen molar-refractivity contribution in [2.75, 3.05) is 6.61 Å². The minimum absolute atomic E-state index is 0.130. The number of hydrogen-bond acceptors (Lipinski definition) is 9. The molecule has 1 fully saturated rings. The molecule has 0 bridgehead atoms. The lowest BCUT2D eigenvalue weighted by atomic mass is 9.97. The summed E-state index contributed by atoms with van der Waals surface area (Å²) in [5, 5.41) is 38.6. The lowest BCUT2D eigenvalue weighted by molar-refractivity contribution is -0.120. The van der Waals surface area contributed by atoms with Crippen LogP contribution in [0.25, 0.3) is 11.2 Å². The van der Waals surface area contributed by atoms with Crippen LogP contribution in [0.2, 0.25) is 0 Å². The van der Waals surface area contributed by atoms with Crippen molar-refractivity contribution in [1.82, 2.24) is 19.5 Å². The smallest absolute Gasteiger partial charge is 0.242 e. The summed E-state index contributed by atoms with van der Waals surface area (Å²) in [5.41, 5.74) is -1.34. The molecule has 3 N–H and O–H groups in total. The Morgan fingerprint density at radius 2 is 2.27 bits per heavy atom. The maximum atomic E-state index is 10.2. The monoisotopic (exact) mass is 304 g/mol. The first-order valence-corrected chi connectivity index (χ1v) is 6.28. The molecule has 0 saturated carbocycles. The topological polar surface area (TPSA) is 150 Å². The van der Waals surface area contributed by atoms with Crippen LogP contribution in [-0.4, -0.2) is 60.0 Å². The number of rotatable bonds is 3. The Balaban J connectivity index is 2.12. The summed E-state index contributed by atoms with van der Waals surface area (Å²) in [6.07, 6.45) is 0.0557. The van der Waals surface area contributed by atoms with Crippen LogP contribution in [0.3, 0.4) is 0 Å². The lowest BCUT2D eigenvalue weighted by Crippen LogP contribution is -2.42. The number of nitriles is 1. The van der Waals surface area contributed by atoms with Crippen molar-refractivity contribution in [1.29, 1.82) is 5.26 Å². The number of aliphatic hydroxyl groups excluding tert-OH is 2. The third-order valence-electron chi connectivity index (χ3n) is 3.69. The molecule has 2 aromatic rings. The van der Waals surface area contributed by atoms with Crippen molar-refractivity contribution in [2.24, 2.45) is 10.9 Å². The number of imidazole rings is 1. The molecule has 10 heteroatoms. The predicted molar refractivity (Wildman–Crippen MR) is 71.6 cm³/mol. The molecule has 0 aliphatic carbocycles. The van der Waals surface area contributed by atoms with E-state index in [0.29, 0.717) is 0 Å². The number of aromatic nitrogens is 4. The molecule has 0 amide bonds. The van der Waals surface area contributed by atoms with Crippen LogP contribution >= 0.6 is 0 Å². The lowest BCUT2D eigenvalue weighted by Gasteiger charge is -2.24. The van der Waals surface area contributed by atoms with Crippen LogP contribution in [0.4, 0.5) is 0 Å². The Morgan fingerprint density at radius 3 is 2.91 bits per heavy atom. The van der Waals surface area contributed by atoms with Gasteiger partial charge in [0.2, 0.25) is 11.6 Å². The third kappa shape index (κ3) is 1.77. The highest BCUT2D eigenvalue weighted by Gasteiger charge is 2.55. The van der Waals surface area contributed by atoms with E-state index in [1.54, 1.807) is 0 Å². The first-order chi connectivity index (χ1) is 10.6. The largest absolute Gasteiger partial charge is 0.492 e. The van der Waals surface area contributed by atoms with Gasteiger partial charge in [0.05, 0.1) is 19.0 Å². The first-order valence-electron chi connectivity index (χ1n) is 6.28. The van der Waals surface area contributed by atoms with E-state index in [1.807, 2.05) is 6.07 Å². The normalized spacial score (nSPS) is 31.2. The maximum absolute atomic E-state index is 10.2. The molecule has 2 aromatic heterocycles. The molecular weight excluding hydrogens is 292 g/mol. The number of fused-ring (bicyclic) bond motifs is 1. The van der Waals surface area contributed by atoms with E-state index in [4.69, 9.17) is 4.74 Å². The van der Waals surface area contributed by atoms with Gasteiger partial charge in [-0.25, -0.2) is 9.97 Å². The summed E-state index contributed by atoms with van der Waals surface area (Å²) in [5.74, 6) is -1.35. The second kappa shape index (κ2) is 4.99. The molecule has 0 spiro atoms. The van der Waals surface area contributed by atoms with E-state index in [-0.39, 0.29) is 17.0 Å². The van der Waals surface area contributed by atoms with Gasteiger partial charge in [-0.05, 0) is 6.72 Å². The van der Waals surface area contributed by atoms with E-state index >= 15 is 0 Å². The molecular formula is C12H12N6O4. The van der Waals surface area contributed by atoms with E-state index in [0.717, 1.165) is 6.33 Å². The van der Waals surface area contributed by atoms with Crippen molar-refractivity contribution in [3.63, 3.8) is 0 Å². The Hall–Kier alpha value is -2.61. The molecule has 0 aromatic carbocycles. The van der Waals surface area contributed by atoms with Gasteiger partial charge in [-0.15, -0.1) is 0 Å². The molecule has 1 aliphatic rings. The highest BCUT2D eigenvalue weighted by Crippen LogP contribution is 2.42. The van der Waals surface area contributed by atoms with Gasteiger partial charge in [-0.2, -0.15) is 10.2 Å². The fourth-order valence-corrected chi connectivity index (χ4v) is 2.49. The van der Waals surface area contributed by atoms with Gasteiger partial charge in [0, 0.05) is 0 Å². The number of aliphatic hydroxyl groups is 2. The molecule has 0 radical (unpaired) electrons. The summed E-state index contributed by atoms with van der Waals surface area (Å²) in [7, 11) is 0. The molecule has 4 atom stereocenters. The Kier molecular flexibility index (Phi) is 3.25. The summed E-state index contributed by atoms with van der Waals surface area (Å²) in [6.45, 7) is 2.66. The zero-order valence-electron chi connectivity index (χ0n) is 11.2. The zero-order valence-corrected chi connectivity index (χ0v) is 11.2. The van der Waals surface area contributed by atoms with E-state index in [2.05, 4.69) is 26.7 Å². The fraction of sp³-hybridized carbons (Fsp3) is 0.417. The average molecular weight is 304 g/mol. The zero-order chi connectivity index (χ0) is 15.9. The second-order valence-electron chi connectivity index (χ2n) is 4.79. The molecule has 22 heavy (non-hydrogen) atoms. The summed E-state index contributed by atoms with van der Waals surface area (Å²) in [4.78, 5) is 15.2. The minimum Gasteiger partial charge on any atom is -0.492 e. The minimum atomic E-state index is -1.70. The van der Waals surface area contributed by atoms with Crippen molar-refractivity contribution in [2.45, 2.75) is 18.1 Å². The van der Waals surface area contributed by atoms with Crippen LogP contribution in [0, 0.1) is 17.2 Å². The number of hydrogen-bond donors (Lipinski definition) is 3. The van der Waals surface area contributed by atoms with Crippen LogP contribution in [0.1, 0.15) is 6.23 Å². The van der Waals surface area contributed by atoms with Crippen LogP contribution < -0.4 is 0 Å². The number of ether oxygens (including phenoxy) is 1. The number of aromatic hydroxyl groups is 1. The molecule has 3 heterocycles. The highest BCUT2D eigenvalue weighted by molar-refractivity contribution is 5.75. The average Bonchev–Trinajstić information content (AvgIpc) is 3.07. The summed E-state index contributed by atoms with van der Waals surface area (Å²) in [6, 6.07) is 1.93. The van der Waals surface area contributed by atoms with Gasteiger partial charge >= 0.3 is 0 Å². The number of nitrogens with zero attached hydrogens (tertiary/aromatic N) is 6. The van der Waals surface area contributed by atoms with Gasteiger partial charge in [0.15, 0.2) is 17.4 Å². The standard InChI is InChI=1S/C12H12N6O4/c1-14-12(3-19)8(20)6(2-13)11(22-12)18-5-17-7-9(18)15-4-16-10(7)21/h4-6,8,11,19-20H,1,3H2,(H,15,16,21)/t6-,8-,11+,12+/m0/s1.